The number of carbonyl (C=O) groups excluding carboxylic acids is 1. The summed E-state index contributed by atoms with van der Waals surface area (Å²) in [6.45, 7) is 1.90. The van der Waals surface area contributed by atoms with Crippen LogP contribution in [0, 0.1) is 6.92 Å². The highest BCUT2D eigenvalue weighted by molar-refractivity contribution is 6.02. The number of H-pyrrole nitrogens is 1. The van der Waals surface area contributed by atoms with E-state index in [4.69, 9.17) is 4.74 Å². The summed E-state index contributed by atoms with van der Waals surface area (Å²) < 4.78 is 4.83. The normalized spacial score (nSPS) is 10.0. The van der Waals surface area contributed by atoms with Crippen molar-refractivity contribution in [1.29, 1.82) is 0 Å². The van der Waals surface area contributed by atoms with E-state index in [9.17, 15) is 9.59 Å². The minimum Gasteiger partial charge on any atom is -0.491 e. The average Bonchev–Trinajstić information content (AvgIpc) is 2.38. The maximum absolute atomic E-state index is 11.9. The van der Waals surface area contributed by atoms with Gasteiger partial charge in [-0.15, -0.1) is 0 Å². The van der Waals surface area contributed by atoms with E-state index >= 15 is 0 Å². The Morgan fingerprint density at radius 3 is 2.84 bits per heavy atom. The Morgan fingerprint density at radius 1 is 1.42 bits per heavy atom. The number of hydrogen-bond acceptors (Lipinski definition) is 4. The van der Waals surface area contributed by atoms with Crippen molar-refractivity contribution in [3.63, 3.8) is 0 Å². The molecular formula is C13H13N3O3. The summed E-state index contributed by atoms with van der Waals surface area (Å²) in [4.78, 5) is 30.2. The number of amides is 1. The second-order valence-electron chi connectivity index (χ2n) is 3.95. The summed E-state index contributed by atoms with van der Waals surface area (Å²) in [6.07, 6.45) is 2.95. The van der Waals surface area contributed by atoms with Gasteiger partial charge in [-0.3, -0.25) is 9.59 Å². The number of ether oxygens (including phenoxy) is 1. The van der Waals surface area contributed by atoms with Gasteiger partial charge in [-0.1, -0.05) is 0 Å². The molecule has 2 rings (SSSR count). The van der Waals surface area contributed by atoms with Crippen LogP contribution in [0.5, 0.6) is 5.75 Å². The van der Waals surface area contributed by atoms with E-state index in [-0.39, 0.29) is 16.9 Å². The van der Waals surface area contributed by atoms with Crippen LogP contribution in [0.4, 0.5) is 5.82 Å². The highest BCUT2D eigenvalue weighted by Gasteiger charge is 2.10. The summed E-state index contributed by atoms with van der Waals surface area (Å²) in [5.41, 5.74) is 0.770. The molecule has 0 aliphatic heterocycles. The lowest BCUT2D eigenvalue weighted by Gasteiger charge is -2.05. The predicted octanol–water partition coefficient (Wildman–Crippen LogP) is 1.34. The Morgan fingerprint density at radius 2 is 2.21 bits per heavy atom. The van der Waals surface area contributed by atoms with Crippen molar-refractivity contribution in [2.75, 3.05) is 12.4 Å². The highest BCUT2D eigenvalue weighted by Crippen LogP contribution is 2.07. The molecule has 0 saturated carbocycles. The first-order valence-corrected chi connectivity index (χ1v) is 5.61. The van der Waals surface area contributed by atoms with Crippen molar-refractivity contribution in [3.05, 3.63) is 52.1 Å². The lowest BCUT2D eigenvalue weighted by Crippen LogP contribution is -2.17. The molecule has 2 heterocycles. The number of methoxy groups -OCH3 is 1. The molecule has 0 aliphatic carbocycles. The number of nitrogens with one attached hydrogen (secondary N) is 2. The van der Waals surface area contributed by atoms with Crippen LogP contribution >= 0.6 is 0 Å². The molecule has 98 valence electrons. The number of aromatic nitrogens is 2. The molecule has 6 heteroatoms. The van der Waals surface area contributed by atoms with Gasteiger partial charge < -0.3 is 15.0 Å². The van der Waals surface area contributed by atoms with E-state index in [0.717, 1.165) is 5.56 Å². The SMILES string of the molecule is COc1c[nH]c(C(=O)Nc2cc(C)ccn2)cc1=O. The first-order chi connectivity index (χ1) is 9.10. The number of anilines is 1. The van der Waals surface area contributed by atoms with Crippen molar-refractivity contribution in [3.8, 4) is 5.75 Å². The summed E-state index contributed by atoms with van der Waals surface area (Å²) in [6, 6.07) is 4.74. The van der Waals surface area contributed by atoms with Crippen molar-refractivity contribution < 1.29 is 9.53 Å². The van der Waals surface area contributed by atoms with E-state index < -0.39 is 5.91 Å². The van der Waals surface area contributed by atoms with Crippen molar-refractivity contribution in [2.45, 2.75) is 6.92 Å². The van der Waals surface area contributed by atoms with Gasteiger partial charge >= 0.3 is 0 Å². The zero-order valence-electron chi connectivity index (χ0n) is 10.6. The molecule has 0 fully saturated rings. The second-order valence-corrected chi connectivity index (χ2v) is 3.95. The maximum atomic E-state index is 11.9. The van der Waals surface area contributed by atoms with E-state index in [0.29, 0.717) is 5.82 Å². The van der Waals surface area contributed by atoms with Gasteiger partial charge in [-0.25, -0.2) is 4.98 Å². The van der Waals surface area contributed by atoms with Gasteiger partial charge in [0.15, 0.2) is 5.75 Å². The third kappa shape index (κ3) is 2.98. The number of rotatable bonds is 3. The minimum atomic E-state index is -0.433. The molecule has 2 aromatic rings. The number of nitrogens with zero attached hydrogens (tertiary/aromatic N) is 1. The molecular weight excluding hydrogens is 246 g/mol. The molecule has 0 radical (unpaired) electrons. The molecule has 0 saturated heterocycles. The molecule has 2 N–H and O–H groups in total. The van der Waals surface area contributed by atoms with Crippen LogP contribution in [0.25, 0.3) is 0 Å². The largest absolute Gasteiger partial charge is 0.491 e. The summed E-state index contributed by atoms with van der Waals surface area (Å²) in [7, 11) is 1.39. The lowest BCUT2D eigenvalue weighted by molar-refractivity contribution is 0.102. The zero-order valence-corrected chi connectivity index (χ0v) is 10.6. The number of aromatic amines is 1. The van der Waals surface area contributed by atoms with Gasteiger partial charge in [0.2, 0.25) is 5.43 Å². The van der Waals surface area contributed by atoms with Crippen LogP contribution in [0.3, 0.4) is 0 Å². The van der Waals surface area contributed by atoms with Crippen LogP contribution in [0.1, 0.15) is 16.1 Å². The molecule has 0 bridgehead atoms. The topological polar surface area (TPSA) is 84.1 Å². The monoisotopic (exact) mass is 259 g/mol. The lowest BCUT2D eigenvalue weighted by atomic mass is 10.3. The van der Waals surface area contributed by atoms with E-state index in [1.165, 1.54) is 19.4 Å². The van der Waals surface area contributed by atoms with Crippen molar-refractivity contribution in [1.82, 2.24) is 9.97 Å². The fourth-order valence-electron chi connectivity index (χ4n) is 1.54. The van der Waals surface area contributed by atoms with Crippen molar-refractivity contribution in [2.24, 2.45) is 0 Å². The van der Waals surface area contributed by atoms with Gasteiger partial charge in [0, 0.05) is 18.5 Å². The third-order valence-corrected chi connectivity index (χ3v) is 2.50. The molecule has 2 aromatic heterocycles. The molecule has 0 atom stereocenters. The van der Waals surface area contributed by atoms with Crippen molar-refractivity contribution >= 4 is 11.7 Å². The Hall–Kier alpha value is -2.63. The molecule has 0 aromatic carbocycles. The van der Waals surface area contributed by atoms with E-state index in [2.05, 4.69) is 15.3 Å². The second kappa shape index (κ2) is 5.34. The Kier molecular flexibility index (Phi) is 3.61. The highest BCUT2D eigenvalue weighted by atomic mass is 16.5. The molecule has 6 nitrogen and oxygen atoms in total. The van der Waals surface area contributed by atoms with Crippen LogP contribution in [-0.4, -0.2) is 23.0 Å². The van der Waals surface area contributed by atoms with Crippen LogP contribution < -0.4 is 15.5 Å². The molecule has 0 spiro atoms. The number of aryl methyl sites for hydroxylation is 1. The van der Waals surface area contributed by atoms with Crippen LogP contribution in [0.15, 0.2) is 35.4 Å². The smallest absolute Gasteiger partial charge is 0.273 e. The summed E-state index contributed by atoms with van der Waals surface area (Å²) in [5, 5.41) is 2.60. The zero-order chi connectivity index (χ0) is 13.8. The third-order valence-electron chi connectivity index (χ3n) is 2.50. The fraction of sp³-hybridized carbons (Fsp3) is 0.154. The van der Waals surface area contributed by atoms with Crippen LogP contribution in [-0.2, 0) is 0 Å². The Labute approximate surface area is 109 Å². The fourth-order valence-corrected chi connectivity index (χ4v) is 1.54. The van der Waals surface area contributed by atoms with Crippen LogP contribution in [0.2, 0.25) is 0 Å². The van der Waals surface area contributed by atoms with Gasteiger partial charge in [-0.05, 0) is 24.6 Å². The first kappa shape index (κ1) is 12.8. The minimum absolute atomic E-state index is 0.147. The molecule has 0 unspecified atom stereocenters. The van der Waals surface area contributed by atoms with E-state index in [1.54, 1.807) is 12.3 Å². The molecule has 0 aliphatic rings. The quantitative estimate of drug-likeness (QED) is 0.871. The summed E-state index contributed by atoms with van der Waals surface area (Å²) >= 11 is 0. The van der Waals surface area contributed by atoms with E-state index in [1.807, 2.05) is 13.0 Å². The number of hydrogen-bond donors (Lipinski definition) is 2. The maximum Gasteiger partial charge on any atom is 0.273 e. The Balaban J connectivity index is 2.21. The molecule has 1 amide bonds. The standard InChI is InChI=1S/C13H13N3O3/c1-8-3-4-14-12(5-8)16-13(18)9-6-10(17)11(19-2)7-15-9/h3-7H,1-2H3,(H,15,17)(H,14,16,18). The average molecular weight is 259 g/mol. The Bertz CT molecular complexity index is 664. The van der Waals surface area contributed by atoms with Gasteiger partial charge in [0.1, 0.15) is 11.5 Å². The predicted molar refractivity (Wildman–Crippen MR) is 70.5 cm³/mol. The van der Waals surface area contributed by atoms with Gasteiger partial charge in [0.25, 0.3) is 5.91 Å². The first-order valence-electron chi connectivity index (χ1n) is 5.61. The van der Waals surface area contributed by atoms with Gasteiger partial charge in [0.05, 0.1) is 7.11 Å². The number of pyridine rings is 2. The summed E-state index contributed by atoms with van der Waals surface area (Å²) in [5.74, 6) is 0.157. The number of carbonyl (C=O) groups is 1. The molecule has 19 heavy (non-hydrogen) atoms. The van der Waals surface area contributed by atoms with Gasteiger partial charge in [-0.2, -0.15) is 0 Å².